The number of rotatable bonds is 13. The summed E-state index contributed by atoms with van der Waals surface area (Å²) in [6.07, 6.45) is 6.84. The van der Waals surface area contributed by atoms with Crippen LogP contribution in [0, 0.1) is 0 Å². The molecule has 2 aromatic carbocycles. The molecule has 3 aromatic rings. The van der Waals surface area contributed by atoms with Crippen LogP contribution in [0.25, 0.3) is 0 Å². The van der Waals surface area contributed by atoms with Gasteiger partial charge in [-0.15, -0.1) is 24.0 Å². The first kappa shape index (κ1) is 27.7. The van der Waals surface area contributed by atoms with Gasteiger partial charge in [-0.25, -0.2) is 9.98 Å². The molecule has 3 rings (SSSR count). The quantitative estimate of drug-likeness (QED) is 0.128. The van der Waals surface area contributed by atoms with E-state index in [-0.39, 0.29) is 24.0 Å². The summed E-state index contributed by atoms with van der Waals surface area (Å²) in [5.74, 6) is 2.49. The molecule has 0 saturated carbocycles. The third-order valence-electron chi connectivity index (χ3n) is 5.09. The van der Waals surface area contributed by atoms with Gasteiger partial charge in [0, 0.05) is 57.4 Å². The van der Waals surface area contributed by atoms with Crippen molar-refractivity contribution in [3.05, 3.63) is 78.4 Å². The van der Waals surface area contributed by atoms with Gasteiger partial charge in [-0.1, -0.05) is 36.4 Å². The van der Waals surface area contributed by atoms with Crippen molar-refractivity contribution in [2.45, 2.75) is 39.3 Å². The molecular formula is C26H36IN5O2. The second-order valence-electron chi connectivity index (χ2n) is 7.67. The Morgan fingerprint density at radius 1 is 1.06 bits per heavy atom. The third kappa shape index (κ3) is 9.72. The number of ether oxygens (including phenoxy) is 2. The van der Waals surface area contributed by atoms with Gasteiger partial charge in [0.05, 0.1) is 6.61 Å². The molecule has 0 aliphatic rings. The predicted octanol–water partition coefficient (Wildman–Crippen LogP) is 5.13. The topological polar surface area (TPSA) is 72.7 Å². The largest absolute Gasteiger partial charge is 0.493 e. The number of hydrogen-bond acceptors (Lipinski definition) is 4. The number of anilines is 1. The van der Waals surface area contributed by atoms with Gasteiger partial charge in [-0.3, -0.25) is 0 Å². The molecule has 0 bridgehead atoms. The first-order valence-electron chi connectivity index (χ1n) is 11.6. The fourth-order valence-corrected chi connectivity index (χ4v) is 3.44. The lowest BCUT2D eigenvalue weighted by atomic mass is 10.1. The van der Waals surface area contributed by atoms with E-state index < -0.39 is 0 Å². The Morgan fingerprint density at radius 2 is 1.91 bits per heavy atom. The highest BCUT2D eigenvalue weighted by Gasteiger charge is 2.05. The second-order valence-corrected chi connectivity index (χ2v) is 7.67. The molecule has 0 saturated heterocycles. The Labute approximate surface area is 220 Å². The van der Waals surface area contributed by atoms with Crippen molar-refractivity contribution < 1.29 is 9.47 Å². The fraction of sp³-hybridized carbons (Fsp3) is 0.385. The van der Waals surface area contributed by atoms with Crippen molar-refractivity contribution in [3.63, 3.8) is 0 Å². The van der Waals surface area contributed by atoms with Crippen LogP contribution in [0.3, 0.4) is 0 Å². The Balaban J connectivity index is 0.00000408. The molecule has 2 N–H and O–H groups in total. The van der Waals surface area contributed by atoms with E-state index in [9.17, 15) is 0 Å². The summed E-state index contributed by atoms with van der Waals surface area (Å²) in [5.41, 5.74) is 2.28. The molecule has 0 radical (unpaired) electrons. The number of guanidine groups is 1. The first-order valence-corrected chi connectivity index (χ1v) is 11.6. The molecule has 1 aromatic heterocycles. The Hall–Kier alpha value is -2.59. The van der Waals surface area contributed by atoms with Crippen LogP contribution in [-0.2, 0) is 24.2 Å². The number of nitrogens with one attached hydrogen (secondary N) is 2. The van der Waals surface area contributed by atoms with Crippen LogP contribution in [0.15, 0.2) is 72.0 Å². The zero-order chi connectivity index (χ0) is 23.1. The summed E-state index contributed by atoms with van der Waals surface area (Å²) in [6, 6.07) is 18.5. The molecular weight excluding hydrogens is 541 g/mol. The van der Waals surface area contributed by atoms with E-state index >= 15 is 0 Å². The Morgan fingerprint density at radius 3 is 2.71 bits per heavy atom. The van der Waals surface area contributed by atoms with Crippen LogP contribution >= 0.6 is 24.0 Å². The molecule has 0 atom stereocenters. The second kappa shape index (κ2) is 16.1. The van der Waals surface area contributed by atoms with Crippen LogP contribution in [0.5, 0.6) is 5.75 Å². The van der Waals surface area contributed by atoms with E-state index in [0.717, 1.165) is 49.6 Å². The number of aliphatic imine (C=N–C) groups is 1. The molecule has 7 nitrogen and oxygen atoms in total. The summed E-state index contributed by atoms with van der Waals surface area (Å²) in [6.45, 7) is 5.56. The average molecular weight is 578 g/mol. The minimum absolute atomic E-state index is 0. The number of aryl methyl sites for hydroxylation is 2. The maximum absolute atomic E-state index is 5.80. The van der Waals surface area contributed by atoms with Crippen LogP contribution in [0.4, 0.5) is 5.69 Å². The zero-order valence-electron chi connectivity index (χ0n) is 20.1. The normalized spacial score (nSPS) is 11.1. The molecule has 0 spiro atoms. The van der Waals surface area contributed by atoms with Crippen LogP contribution in [0.1, 0.15) is 31.2 Å². The highest BCUT2D eigenvalue weighted by Crippen LogP contribution is 2.17. The van der Waals surface area contributed by atoms with Crippen molar-refractivity contribution in [1.29, 1.82) is 0 Å². The van der Waals surface area contributed by atoms with Crippen molar-refractivity contribution >= 4 is 35.6 Å². The maximum Gasteiger partial charge on any atom is 0.196 e. The fourth-order valence-electron chi connectivity index (χ4n) is 3.44. The number of halogens is 1. The first-order chi connectivity index (χ1) is 16.3. The molecule has 0 unspecified atom stereocenters. The highest BCUT2D eigenvalue weighted by atomic mass is 127. The summed E-state index contributed by atoms with van der Waals surface area (Å²) in [7, 11) is 1.70. The third-order valence-corrected chi connectivity index (χ3v) is 5.09. The summed E-state index contributed by atoms with van der Waals surface area (Å²) < 4.78 is 13.1. The van der Waals surface area contributed by atoms with E-state index in [2.05, 4.69) is 57.4 Å². The SMILES string of the molecule is CCNC(=NCc1nccn1CCCc1ccccc1)Nc1cccc(OCCCOC)c1.I. The van der Waals surface area contributed by atoms with Crippen molar-refractivity contribution in [1.82, 2.24) is 14.9 Å². The van der Waals surface area contributed by atoms with Crippen molar-refractivity contribution in [2.75, 3.05) is 32.2 Å². The lowest BCUT2D eigenvalue weighted by Gasteiger charge is -2.13. The van der Waals surface area contributed by atoms with Gasteiger partial charge in [0.2, 0.25) is 0 Å². The number of methoxy groups -OCH3 is 1. The van der Waals surface area contributed by atoms with Crippen LogP contribution < -0.4 is 15.4 Å². The minimum atomic E-state index is 0. The summed E-state index contributed by atoms with van der Waals surface area (Å²) in [4.78, 5) is 9.26. The molecule has 184 valence electrons. The molecule has 8 heteroatoms. The Bertz CT molecular complexity index is 978. The van der Waals surface area contributed by atoms with E-state index in [0.29, 0.717) is 25.7 Å². The van der Waals surface area contributed by atoms with Gasteiger partial charge in [-0.2, -0.15) is 0 Å². The summed E-state index contributed by atoms with van der Waals surface area (Å²) in [5, 5.41) is 6.67. The minimum Gasteiger partial charge on any atom is -0.493 e. The lowest BCUT2D eigenvalue weighted by molar-refractivity contribution is 0.172. The molecule has 0 amide bonds. The Kier molecular flexibility index (Phi) is 13.1. The van der Waals surface area contributed by atoms with Gasteiger partial charge >= 0.3 is 0 Å². The number of benzene rings is 2. The van der Waals surface area contributed by atoms with Gasteiger partial charge in [0.1, 0.15) is 18.1 Å². The van der Waals surface area contributed by atoms with Crippen molar-refractivity contribution in [3.8, 4) is 5.75 Å². The molecule has 0 fully saturated rings. The monoisotopic (exact) mass is 577 g/mol. The van der Waals surface area contributed by atoms with Gasteiger partial charge in [0.15, 0.2) is 5.96 Å². The van der Waals surface area contributed by atoms with Crippen molar-refractivity contribution in [2.24, 2.45) is 4.99 Å². The molecule has 1 heterocycles. The molecule has 0 aliphatic carbocycles. The van der Waals surface area contributed by atoms with E-state index in [4.69, 9.17) is 14.5 Å². The average Bonchev–Trinajstić information content (AvgIpc) is 3.29. The van der Waals surface area contributed by atoms with Gasteiger partial charge in [-0.05, 0) is 37.5 Å². The molecule has 0 aliphatic heterocycles. The smallest absolute Gasteiger partial charge is 0.196 e. The molecule has 34 heavy (non-hydrogen) atoms. The van der Waals surface area contributed by atoms with Crippen LogP contribution in [0.2, 0.25) is 0 Å². The van der Waals surface area contributed by atoms with E-state index in [1.165, 1.54) is 5.56 Å². The predicted molar refractivity (Wildman–Crippen MR) is 149 cm³/mol. The van der Waals surface area contributed by atoms with Crippen LogP contribution in [-0.4, -0.2) is 42.4 Å². The number of imidazole rings is 1. The number of nitrogens with zero attached hydrogens (tertiary/aromatic N) is 3. The lowest BCUT2D eigenvalue weighted by Crippen LogP contribution is -2.30. The van der Waals surface area contributed by atoms with E-state index in [1.54, 1.807) is 7.11 Å². The number of hydrogen-bond donors (Lipinski definition) is 2. The maximum atomic E-state index is 5.80. The zero-order valence-corrected chi connectivity index (χ0v) is 22.4. The van der Waals surface area contributed by atoms with Gasteiger partial charge < -0.3 is 24.7 Å². The van der Waals surface area contributed by atoms with Gasteiger partial charge in [0.25, 0.3) is 0 Å². The number of aromatic nitrogens is 2. The highest BCUT2D eigenvalue weighted by molar-refractivity contribution is 14.0. The van der Waals surface area contributed by atoms with E-state index in [1.807, 2.05) is 36.7 Å². The standard InChI is InChI=1S/C26H35N5O2.HI/c1-3-27-26(30-23-13-7-14-24(20-23)33-19-9-18-32-2)29-21-25-28-15-17-31(25)16-8-12-22-10-5-4-6-11-22;/h4-7,10-11,13-15,17,20H,3,8-9,12,16,18-19,21H2,1-2H3,(H2,27,29,30);1H. The summed E-state index contributed by atoms with van der Waals surface area (Å²) >= 11 is 0.